The third-order valence-corrected chi connectivity index (χ3v) is 3.80. The van der Waals surface area contributed by atoms with Crippen LogP contribution in [-0.4, -0.2) is 29.2 Å². The Bertz CT molecular complexity index is 479. The summed E-state index contributed by atoms with van der Waals surface area (Å²) in [6.45, 7) is 2.11. The van der Waals surface area contributed by atoms with Crippen LogP contribution in [0.2, 0.25) is 0 Å². The van der Waals surface area contributed by atoms with Crippen LogP contribution in [0.5, 0.6) is 0 Å². The number of hydrogen-bond donors (Lipinski definition) is 3. The smallest absolute Gasteiger partial charge is 0.411 e. The average Bonchev–Trinajstić information content (AvgIpc) is 2.41. The van der Waals surface area contributed by atoms with Crippen molar-refractivity contribution in [1.29, 1.82) is 0 Å². The molecule has 2 radical (unpaired) electrons. The number of ether oxygens (including phenoxy) is 1. The molecule has 0 spiro atoms. The molecule has 5 nitrogen and oxygen atoms in total. The van der Waals surface area contributed by atoms with E-state index in [2.05, 4.69) is 26.1 Å². The maximum absolute atomic E-state index is 11.4. The number of nitrogen functional groups attached to an aromatic ring is 1. The summed E-state index contributed by atoms with van der Waals surface area (Å²) >= 11 is 2.56. The predicted octanol–water partition coefficient (Wildman–Crippen LogP) is 1.89. The van der Waals surface area contributed by atoms with Crippen LogP contribution < -0.4 is 15.4 Å². The zero-order valence-electron chi connectivity index (χ0n) is 11.0. The number of benzene rings is 1. The van der Waals surface area contributed by atoms with Crippen LogP contribution in [0.15, 0.2) is 12.1 Å². The highest BCUT2D eigenvalue weighted by atomic mass is 27.1. The van der Waals surface area contributed by atoms with E-state index in [0.29, 0.717) is 24.0 Å². The van der Waals surface area contributed by atoms with Crippen molar-refractivity contribution in [3.05, 3.63) is 23.3 Å². The first kappa shape index (κ1) is 14.2. The second-order valence-corrected chi connectivity index (χ2v) is 4.88. The highest BCUT2D eigenvalue weighted by molar-refractivity contribution is 6.04. The van der Waals surface area contributed by atoms with Gasteiger partial charge in [-0.25, -0.2) is 4.79 Å². The number of carbonyl (C=O) groups excluding carboxylic acids is 1. The molecule has 19 heavy (non-hydrogen) atoms. The van der Waals surface area contributed by atoms with Crippen molar-refractivity contribution in [1.82, 2.24) is 4.30 Å². The monoisotopic (exact) mass is 275 g/mol. The number of fused-ring (bicyclic) bond motifs is 1. The molecule has 0 aliphatic heterocycles. The average molecular weight is 275 g/mol. The topological polar surface area (TPSA) is 76.4 Å². The van der Waals surface area contributed by atoms with Crippen LogP contribution in [-0.2, 0) is 11.2 Å². The summed E-state index contributed by atoms with van der Waals surface area (Å²) < 4.78 is 8.08. The van der Waals surface area contributed by atoms with E-state index in [1.54, 1.807) is 6.92 Å². The second kappa shape index (κ2) is 6.29. The maximum Gasteiger partial charge on any atom is 0.411 e. The lowest BCUT2D eigenvalue weighted by Gasteiger charge is -2.28. The molecular weight excluding hydrogens is 257 g/mol. The molecule has 100 valence electrons. The van der Waals surface area contributed by atoms with Gasteiger partial charge in [-0.1, -0.05) is 6.07 Å². The highest BCUT2D eigenvalue weighted by Crippen LogP contribution is 2.36. The van der Waals surface area contributed by atoms with Crippen molar-refractivity contribution in [3.63, 3.8) is 0 Å². The van der Waals surface area contributed by atoms with Gasteiger partial charge in [0, 0.05) is 6.04 Å². The van der Waals surface area contributed by atoms with Crippen molar-refractivity contribution < 1.29 is 9.53 Å². The largest absolute Gasteiger partial charge is 0.450 e. The van der Waals surface area contributed by atoms with Gasteiger partial charge in [0.1, 0.15) is 0 Å². The van der Waals surface area contributed by atoms with E-state index >= 15 is 0 Å². The van der Waals surface area contributed by atoms with E-state index in [1.807, 2.05) is 12.1 Å². The molecule has 1 amide bonds. The van der Waals surface area contributed by atoms with Crippen molar-refractivity contribution in [2.75, 3.05) is 17.7 Å². The Morgan fingerprint density at radius 3 is 3.05 bits per heavy atom. The Kier molecular flexibility index (Phi) is 4.70. The quantitative estimate of drug-likeness (QED) is 0.581. The van der Waals surface area contributed by atoms with Gasteiger partial charge in [-0.3, -0.25) is 5.32 Å². The molecule has 4 N–H and O–H groups in total. The third-order valence-electron chi connectivity index (χ3n) is 3.40. The minimum atomic E-state index is -0.467. The molecule has 0 saturated heterocycles. The summed E-state index contributed by atoms with van der Waals surface area (Å²) in [5, 5.41) is 2.68. The predicted molar refractivity (Wildman–Crippen MR) is 76.1 cm³/mol. The molecular formula is C13H18AlN3O2. The number of anilines is 2. The first-order valence-electron chi connectivity index (χ1n) is 6.48. The van der Waals surface area contributed by atoms with Gasteiger partial charge in [-0.05, 0) is 43.4 Å². The van der Waals surface area contributed by atoms with Crippen LogP contribution in [0.25, 0.3) is 0 Å². The van der Waals surface area contributed by atoms with E-state index in [0.717, 1.165) is 24.8 Å². The summed E-state index contributed by atoms with van der Waals surface area (Å²) in [5.74, 6) is 0. The van der Waals surface area contributed by atoms with E-state index in [-0.39, 0.29) is 0 Å². The van der Waals surface area contributed by atoms with Gasteiger partial charge < -0.3 is 14.8 Å². The lowest BCUT2D eigenvalue weighted by molar-refractivity contribution is 0.168. The highest BCUT2D eigenvalue weighted by Gasteiger charge is 2.21. The number of nitrogens with one attached hydrogen (secondary N) is 2. The van der Waals surface area contributed by atoms with Crippen LogP contribution in [0, 0.1) is 0 Å². The molecule has 0 saturated carbocycles. The van der Waals surface area contributed by atoms with Gasteiger partial charge in [0.25, 0.3) is 16.5 Å². The van der Waals surface area contributed by atoms with Crippen molar-refractivity contribution in [2.24, 2.45) is 0 Å². The van der Waals surface area contributed by atoms with Gasteiger partial charge in [0.15, 0.2) is 0 Å². The lowest BCUT2D eigenvalue weighted by Crippen LogP contribution is -2.24. The Morgan fingerprint density at radius 2 is 2.37 bits per heavy atom. The van der Waals surface area contributed by atoms with Gasteiger partial charge in [0.05, 0.1) is 18.0 Å². The van der Waals surface area contributed by atoms with E-state index < -0.39 is 6.09 Å². The number of rotatable bonds is 3. The third kappa shape index (κ3) is 3.03. The van der Waals surface area contributed by atoms with Crippen LogP contribution in [0.3, 0.4) is 0 Å². The SMILES string of the molecule is CCOC(=O)Nc1ccc2c(c1N)CCCC2[NH][Al]. The van der Waals surface area contributed by atoms with Crippen molar-refractivity contribution in [3.8, 4) is 0 Å². The van der Waals surface area contributed by atoms with E-state index in [9.17, 15) is 4.79 Å². The van der Waals surface area contributed by atoms with Gasteiger partial charge in [-0.2, -0.15) is 0 Å². The van der Waals surface area contributed by atoms with Crippen molar-refractivity contribution >= 4 is 34.0 Å². The Labute approximate surface area is 121 Å². The standard InChI is InChI=1S/C13H18N3O2.Al/c1-2-18-13(17)16-11-7-6-8-9(12(11)15)4-3-5-10(8)14;/h6-7,10,14H,2-5,15H2,1H3,(H,16,17);/q-1;+1. The van der Waals surface area contributed by atoms with Gasteiger partial charge in [0.2, 0.25) is 0 Å². The zero-order chi connectivity index (χ0) is 13.8. The molecule has 1 aromatic carbocycles. The number of carbonyl (C=O) groups is 1. The molecule has 0 bridgehead atoms. The molecule has 1 aliphatic carbocycles. The molecule has 0 aromatic heterocycles. The molecule has 1 aromatic rings. The molecule has 0 fully saturated rings. The molecule has 0 heterocycles. The number of amides is 1. The summed E-state index contributed by atoms with van der Waals surface area (Å²) in [6, 6.07) is 4.17. The molecule has 6 heteroatoms. The Hall–Kier alpha value is -1.22. The van der Waals surface area contributed by atoms with Gasteiger partial charge in [-0.15, -0.1) is 0 Å². The molecule has 1 aliphatic rings. The minimum absolute atomic E-state index is 0.313. The fraction of sp³-hybridized carbons (Fsp3) is 0.462. The number of nitrogens with two attached hydrogens (primary N) is 1. The minimum Gasteiger partial charge on any atom is -0.450 e. The first-order valence-corrected chi connectivity index (χ1v) is 7.06. The van der Waals surface area contributed by atoms with E-state index in [4.69, 9.17) is 10.5 Å². The summed E-state index contributed by atoms with van der Waals surface area (Å²) in [4.78, 5) is 11.4. The van der Waals surface area contributed by atoms with Gasteiger partial charge >= 0.3 is 6.09 Å². The first-order chi connectivity index (χ1) is 9.17. The summed E-state index contributed by atoms with van der Waals surface area (Å²) in [5.41, 5.74) is 9.78. The maximum atomic E-state index is 11.4. The fourth-order valence-corrected chi connectivity index (χ4v) is 2.83. The second-order valence-electron chi connectivity index (χ2n) is 4.55. The van der Waals surface area contributed by atoms with Crippen LogP contribution in [0.1, 0.15) is 36.9 Å². The molecule has 1 atom stereocenters. The van der Waals surface area contributed by atoms with Crippen molar-refractivity contribution in [2.45, 2.75) is 32.2 Å². The van der Waals surface area contributed by atoms with Crippen LogP contribution in [0.4, 0.5) is 16.2 Å². The van der Waals surface area contributed by atoms with E-state index in [1.165, 1.54) is 5.56 Å². The molecule has 1 unspecified atom stereocenters. The fourth-order valence-electron chi connectivity index (χ4n) is 2.48. The summed E-state index contributed by atoms with van der Waals surface area (Å²) in [7, 11) is 0. The Balaban J connectivity index is 2.27. The zero-order valence-corrected chi connectivity index (χ0v) is 12.2. The van der Waals surface area contributed by atoms with Crippen LogP contribution >= 0.6 is 0 Å². The molecule has 2 rings (SSSR count). The number of hydrogen-bond acceptors (Lipinski definition) is 4. The Morgan fingerprint density at radius 1 is 1.58 bits per heavy atom. The summed E-state index contributed by atoms with van der Waals surface area (Å²) in [6.07, 6.45) is 2.67. The normalized spacial score (nSPS) is 17.6. The lowest BCUT2D eigenvalue weighted by atomic mass is 9.86.